The molecule has 5 aliphatic rings. The van der Waals surface area contributed by atoms with E-state index in [9.17, 15) is 23.6 Å². The van der Waals surface area contributed by atoms with Crippen molar-refractivity contribution in [2.45, 2.75) is 50.2 Å². The van der Waals surface area contributed by atoms with E-state index in [0.29, 0.717) is 31.3 Å². The maximum Gasteiger partial charge on any atom is 0.415 e. The van der Waals surface area contributed by atoms with Crippen molar-refractivity contribution in [3.05, 3.63) is 24.3 Å². The number of hydrogen-bond acceptors (Lipinski definition) is 8. The summed E-state index contributed by atoms with van der Waals surface area (Å²) in [4.78, 5) is 24.3. The van der Waals surface area contributed by atoms with Crippen LogP contribution >= 0.6 is 12.0 Å². The van der Waals surface area contributed by atoms with E-state index in [4.69, 9.17) is 9.47 Å². The number of halogens is 2. The molecular formula is C21H25F2O7S-. The number of carbonyl (C=O) groups excluding carboxylic acids is 2. The van der Waals surface area contributed by atoms with Crippen LogP contribution in [-0.2, 0) is 28.4 Å². The smallest absolute Gasteiger partial charge is 0.415 e. The molecule has 3 unspecified atom stereocenters. The lowest BCUT2D eigenvalue weighted by atomic mass is 9.44. The van der Waals surface area contributed by atoms with Gasteiger partial charge in [0.15, 0.2) is 0 Å². The van der Waals surface area contributed by atoms with E-state index in [-0.39, 0.29) is 23.9 Å². The van der Waals surface area contributed by atoms with Crippen molar-refractivity contribution in [2.24, 2.45) is 28.6 Å². The van der Waals surface area contributed by atoms with Crippen LogP contribution in [0.15, 0.2) is 24.3 Å². The average molecular weight is 459 g/mol. The summed E-state index contributed by atoms with van der Waals surface area (Å²) >= 11 is -0.683. The number of ether oxygens (including phenoxy) is 2. The van der Waals surface area contributed by atoms with Crippen LogP contribution in [0.5, 0.6) is 0 Å². The van der Waals surface area contributed by atoms with Crippen molar-refractivity contribution in [2.75, 3.05) is 13.2 Å². The summed E-state index contributed by atoms with van der Waals surface area (Å²) in [5, 5.41) is 8.61. The fraction of sp³-hybridized carbons (Fsp3) is 0.714. The van der Waals surface area contributed by atoms with E-state index in [1.807, 2.05) is 24.3 Å². The molecule has 3 atom stereocenters. The third-order valence-electron chi connectivity index (χ3n) is 7.02. The van der Waals surface area contributed by atoms with E-state index in [2.05, 4.69) is 9.37 Å². The molecule has 5 aliphatic carbocycles. The van der Waals surface area contributed by atoms with Gasteiger partial charge in [-0.15, -0.1) is 0 Å². The second kappa shape index (κ2) is 8.80. The van der Waals surface area contributed by atoms with Gasteiger partial charge in [-0.2, -0.15) is 13.1 Å². The van der Waals surface area contributed by atoms with Gasteiger partial charge in [0.1, 0.15) is 12.0 Å². The minimum atomic E-state index is -4.04. The van der Waals surface area contributed by atoms with Gasteiger partial charge in [0, 0.05) is 10.8 Å². The Morgan fingerprint density at radius 1 is 1.06 bits per heavy atom. The van der Waals surface area contributed by atoms with Crippen molar-refractivity contribution in [3.8, 4) is 0 Å². The first-order valence-corrected chi connectivity index (χ1v) is 11.2. The Balaban J connectivity index is 1.37. The minimum Gasteiger partial charge on any atom is -0.691 e. The van der Waals surface area contributed by atoms with Gasteiger partial charge in [0.2, 0.25) is 0 Å². The van der Waals surface area contributed by atoms with E-state index in [1.54, 1.807) is 0 Å². The molecule has 7 nitrogen and oxygen atoms in total. The summed E-state index contributed by atoms with van der Waals surface area (Å²) in [7, 11) is 0. The fourth-order valence-electron chi connectivity index (χ4n) is 6.47. The van der Waals surface area contributed by atoms with Gasteiger partial charge in [0.25, 0.3) is 0 Å². The predicted molar refractivity (Wildman–Crippen MR) is 103 cm³/mol. The third kappa shape index (κ3) is 4.97. The summed E-state index contributed by atoms with van der Waals surface area (Å²) in [6.45, 7) is 0.183. The molecule has 172 valence electrons. The topological polar surface area (TPSA) is 94.1 Å². The first-order chi connectivity index (χ1) is 14.7. The van der Waals surface area contributed by atoms with Crippen LogP contribution < -0.4 is 5.26 Å². The first-order valence-electron chi connectivity index (χ1n) is 10.4. The monoisotopic (exact) mass is 459 g/mol. The SMILES string of the molecule is O=C(OCC12CC3CC(C1)CC(COC(=O)C(F)(F)SOO[O-])(C3)C2)C1C=CC=CC1. The van der Waals surface area contributed by atoms with Gasteiger partial charge in [-0.1, -0.05) is 24.3 Å². The van der Waals surface area contributed by atoms with Crippen molar-refractivity contribution >= 4 is 24.0 Å². The molecule has 5 rings (SSSR count). The van der Waals surface area contributed by atoms with E-state index in [0.717, 1.165) is 32.1 Å². The largest absolute Gasteiger partial charge is 0.691 e. The standard InChI is InChI=1S/C21H26F2O7S/c22-21(23,31-30-29-26)18(25)28-13-20-9-14-6-15(10-20)8-19(7-14,11-20)12-27-17(24)16-4-2-1-3-5-16/h1-4,14-16,26H,5-13H2/p-1. The maximum atomic E-state index is 13.7. The van der Waals surface area contributed by atoms with Crippen LogP contribution in [0.25, 0.3) is 0 Å². The highest BCUT2D eigenvalue weighted by Gasteiger charge is 2.59. The lowest BCUT2D eigenvalue weighted by Gasteiger charge is -2.61. The number of esters is 2. The minimum absolute atomic E-state index is 0.126. The van der Waals surface area contributed by atoms with E-state index in [1.165, 1.54) is 0 Å². The predicted octanol–water partition coefficient (Wildman–Crippen LogP) is 3.26. The average Bonchev–Trinajstić information content (AvgIpc) is 2.74. The molecule has 0 radical (unpaired) electrons. The molecule has 0 aliphatic heterocycles. The van der Waals surface area contributed by atoms with Crippen LogP contribution in [0.3, 0.4) is 0 Å². The number of carbonyl (C=O) groups is 2. The highest BCUT2D eigenvalue weighted by molar-refractivity contribution is 7.96. The normalized spacial score (nSPS) is 35.9. The fourth-order valence-corrected chi connectivity index (χ4v) is 6.71. The number of hydrogen-bond donors (Lipinski definition) is 0. The van der Waals surface area contributed by atoms with Gasteiger partial charge < -0.3 is 14.7 Å². The van der Waals surface area contributed by atoms with Crippen molar-refractivity contribution < 1.29 is 42.5 Å². The maximum absolute atomic E-state index is 13.7. The Labute approximate surface area is 183 Å². The van der Waals surface area contributed by atoms with Crippen LogP contribution in [0.4, 0.5) is 8.78 Å². The van der Waals surface area contributed by atoms with Gasteiger partial charge in [0.05, 0.1) is 19.1 Å². The van der Waals surface area contributed by atoms with Crippen LogP contribution in [0, 0.1) is 28.6 Å². The van der Waals surface area contributed by atoms with Gasteiger partial charge in [-0.05, 0) is 56.8 Å². The Morgan fingerprint density at radius 2 is 1.71 bits per heavy atom. The Morgan fingerprint density at radius 3 is 2.29 bits per heavy atom. The molecule has 10 heteroatoms. The molecule has 0 saturated heterocycles. The highest BCUT2D eigenvalue weighted by Crippen LogP contribution is 2.65. The second-order valence-corrected chi connectivity index (χ2v) is 10.4. The van der Waals surface area contributed by atoms with Gasteiger partial charge >= 0.3 is 17.2 Å². The van der Waals surface area contributed by atoms with Crippen LogP contribution in [0.1, 0.15) is 44.9 Å². The zero-order valence-corrected chi connectivity index (χ0v) is 17.7. The Hall–Kier alpha value is -1.49. The summed E-state index contributed by atoms with van der Waals surface area (Å²) in [6, 6.07) is 0. The number of alkyl halides is 2. The number of allylic oxidation sites excluding steroid dienone is 3. The Kier molecular flexibility index (Phi) is 6.44. The molecule has 0 N–H and O–H groups in total. The summed E-state index contributed by atoms with van der Waals surface area (Å²) < 4.78 is 41.7. The van der Waals surface area contributed by atoms with Gasteiger partial charge in [-0.25, -0.2) is 4.79 Å². The molecule has 0 aromatic carbocycles. The first kappa shape index (κ1) is 22.7. The van der Waals surface area contributed by atoms with Crippen LogP contribution in [-0.4, -0.2) is 30.4 Å². The molecule has 0 spiro atoms. The molecule has 4 saturated carbocycles. The molecule has 0 heterocycles. The zero-order valence-electron chi connectivity index (χ0n) is 16.9. The van der Waals surface area contributed by atoms with Gasteiger partial charge in [-0.3, -0.25) is 9.83 Å². The van der Waals surface area contributed by atoms with Crippen molar-refractivity contribution in [1.29, 1.82) is 0 Å². The van der Waals surface area contributed by atoms with Crippen molar-refractivity contribution in [1.82, 2.24) is 0 Å². The molecule has 0 amide bonds. The molecule has 0 aromatic heterocycles. The van der Waals surface area contributed by atoms with Crippen molar-refractivity contribution in [3.63, 3.8) is 0 Å². The summed E-state index contributed by atoms with van der Waals surface area (Å²) in [5.41, 5.74) is -0.590. The summed E-state index contributed by atoms with van der Waals surface area (Å²) in [6.07, 6.45) is 13.4. The molecule has 31 heavy (non-hydrogen) atoms. The van der Waals surface area contributed by atoms with E-state index >= 15 is 0 Å². The van der Waals surface area contributed by atoms with E-state index < -0.39 is 28.7 Å². The lowest BCUT2D eigenvalue weighted by Crippen LogP contribution is -2.55. The molecular weight excluding hydrogens is 434 g/mol. The Bertz CT molecular complexity index is 755. The quantitative estimate of drug-likeness (QED) is 0.225. The number of rotatable bonds is 9. The molecule has 4 fully saturated rings. The highest BCUT2D eigenvalue weighted by atomic mass is 32.2. The molecule has 4 bridgehead atoms. The third-order valence-corrected chi connectivity index (χ3v) is 7.52. The molecule has 0 aromatic rings. The van der Waals surface area contributed by atoms with Crippen LogP contribution in [0.2, 0.25) is 0 Å². The zero-order chi connectivity index (χ0) is 22.1. The summed E-state index contributed by atoms with van der Waals surface area (Å²) in [5.74, 6) is -1.46. The lowest BCUT2D eigenvalue weighted by molar-refractivity contribution is -0.777. The second-order valence-electron chi connectivity index (χ2n) is 9.54.